The molecular formula is C12H17N5O3S. The van der Waals surface area contributed by atoms with Crippen molar-refractivity contribution < 1.29 is 14.1 Å². The molecule has 9 heteroatoms. The van der Waals surface area contributed by atoms with Crippen molar-refractivity contribution in [2.45, 2.75) is 13.5 Å². The van der Waals surface area contributed by atoms with Gasteiger partial charge >= 0.3 is 0 Å². The number of nitrogens with one attached hydrogen (secondary N) is 1. The van der Waals surface area contributed by atoms with E-state index in [9.17, 15) is 4.79 Å². The number of carbonyl (C=O) groups is 1. The van der Waals surface area contributed by atoms with Crippen LogP contribution < -0.4 is 15.8 Å². The molecule has 0 aliphatic heterocycles. The molecule has 0 aliphatic carbocycles. The van der Waals surface area contributed by atoms with Crippen molar-refractivity contribution >= 4 is 27.9 Å². The number of hydrogen-bond acceptors (Lipinski definition) is 8. The van der Waals surface area contributed by atoms with Crippen LogP contribution in [0, 0.1) is 6.92 Å². The second-order valence-electron chi connectivity index (χ2n) is 4.49. The summed E-state index contributed by atoms with van der Waals surface area (Å²) >= 11 is 1.23. The number of aryl methyl sites for hydroxylation is 1. The van der Waals surface area contributed by atoms with Crippen molar-refractivity contribution in [1.29, 1.82) is 0 Å². The lowest BCUT2D eigenvalue weighted by Crippen LogP contribution is -2.21. The van der Waals surface area contributed by atoms with Gasteiger partial charge in [-0.1, -0.05) is 5.16 Å². The summed E-state index contributed by atoms with van der Waals surface area (Å²) in [5.41, 5.74) is 6.30. The Bertz CT molecular complexity index is 649. The average molecular weight is 311 g/mol. The first-order chi connectivity index (χ1) is 9.93. The fourth-order valence-electron chi connectivity index (χ4n) is 1.68. The topological polar surface area (TPSA) is 107 Å². The van der Waals surface area contributed by atoms with Crippen LogP contribution in [0.4, 0.5) is 10.7 Å². The summed E-state index contributed by atoms with van der Waals surface area (Å²) in [5, 5.41) is 7.55. The Balaban J connectivity index is 2.22. The SMILES string of the molecule is COc1c(NCc2noc(C)n2)sc(C(=O)N(C)C)c1N. The summed E-state index contributed by atoms with van der Waals surface area (Å²) in [6, 6.07) is 0. The van der Waals surface area contributed by atoms with E-state index in [1.807, 2.05) is 0 Å². The van der Waals surface area contributed by atoms with Crippen LogP contribution in [0.3, 0.4) is 0 Å². The van der Waals surface area contributed by atoms with Gasteiger partial charge in [0.15, 0.2) is 11.6 Å². The lowest BCUT2D eigenvalue weighted by molar-refractivity contribution is 0.0833. The number of nitrogens with two attached hydrogens (primary N) is 1. The molecule has 21 heavy (non-hydrogen) atoms. The van der Waals surface area contributed by atoms with Crippen molar-refractivity contribution in [3.05, 3.63) is 16.6 Å². The number of thiophene rings is 1. The van der Waals surface area contributed by atoms with Gasteiger partial charge in [-0.25, -0.2) is 0 Å². The highest BCUT2D eigenvalue weighted by molar-refractivity contribution is 7.19. The quantitative estimate of drug-likeness (QED) is 0.858. The molecule has 0 aromatic carbocycles. The third kappa shape index (κ3) is 3.07. The van der Waals surface area contributed by atoms with Crippen molar-refractivity contribution in [3.63, 3.8) is 0 Å². The average Bonchev–Trinajstić information content (AvgIpc) is 2.99. The number of amides is 1. The molecule has 0 saturated carbocycles. The van der Waals surface area contributed by atoms with Crippen LogP contribution in [0.5, 0.6) is 5.75 Å². The van der Waals surface area contributed by atoms with Gasteiger partial charge in [0.2, 0.25) is 5.89 Å². The molecule has 0 aliphatic rings. The molecule has 0 fully saturated rings. The van der Waals surface area contributed by atoms with Crippen LogP contribution >= 0.6 is 11.3 Å². The molecule has 8 nitrogen and oxygen atoms in total. The molecule has 0 radical (unpaired) electrons. The van der Waals surface area contributed by atoms with Crippen molar-refractivity contribution in [2.75, 3.05) is 32.3 Å². The monoisotopic (exact) mass is 311 g/mol. The second kappa shape index (κ2) is 6.00. The lowest BCUT2D eigenvalue weighted by Gasteiger charge is -2.08. The van der Waals surface area contributed by atoms with E-state index in [-0.39, 0.29) is 5.91 Å². The van der Waals surface area contributed by atoms with Crippen LogP contribution in [0.2, 0.25) is 0 Å². The minimum absolute atomic E-state index is 0.167. The van der Waals surface area contributed by atoms with Gasteiger partial charge in [-0.3, -0.25) is 4.79 Å². The van der Waals surface area contributed by atoms with Crippen LogP contribution in [-0.4, -0.2) is 42.2 Å². The van der Waals surface area contributed by atoms with Gasteiger partial charge in [0, 0.05) is 21.0 Å². The maximum Gasteiger partial charge on any atom is 0.265 e. The number of ether oxygens (including phenoxy) is 1. The maximum absolute atomic E-state index is 12.1. The number of methoxy groups -OCH3 is 1. The molecule has 0 saturated heterocycles. The van der Waals surface area contributed by atoms with Crippen LogP contribution in [0.1, 0.15) is 21.4 Å². The highest BCUT2D eigenvalue weighted by Crippen LogP contribution is 2.42. The Morgan fingerprint density at radius 2 is 2.24 bits per heavy atom. The predicted octanol–water partition coefficient (Wildman–Crippen LogP) is 1.34. The van der Waals surface area contributed by atoms with E-state index in [4.69, 9.17) is 15.0 Å². The third-order valence-corrected chi connectivity index (χ3v) is 3.81. The Kier molecular flexibility index (Phi) is 4.32. The number of hydrogen-bond donors (Lipinski definition) is 2. The fourth-order valence-corrected chi connectivity index (χ4v) is 2.79. The zero-order valence-electron chi connectivity index (χ0n) is 12.3. The molecule has 0 bridgehead atoms. The first kappa shape index (κ1) is 15.1. The van der Waals surface area contributed by atoms with Crippen LogP contribution in [0.25, 0.3) is 0 Å². The van der Waals surface area contributed by atoms with Crippen molar-refractivity contribution in [3.8, 4) is 5.75 Å². The van der Waals surface area contributed by atoms with E-state index < -0.39 is 0 Å². The summed E-state index contributed by atoms with van der Waals surface area (Å²) in [5.74, 6) is 1.29. The molecule has 2 heterocycles. The van der Waals surface area contributed by atoms with Gasteiger partial charge in [-0.2, -0.15) is 4.98 Å². The molecule has 2 aromatic heterocycles. The number of aromatic nitrogens is 2. The Morgan fingerprint density at radius 1 is 1.52 bits per heavy atom. The molecule has 3 N–H and O–H groups in total. The first-order valence-corrected chi connectivity index (χ1v) is 6.96. The van der Waals surface area contributed by atoms with E-state index in [2.05, 4.69) is 15.5 Å². The number of carbonyl (C=O) groups excluding carboxylic acids is 1. The molecule has 0 atom stereocenters. The number of nitrogen functional groups attached to an aromatic ring is 1. The standard InChI is InChI=1S/C12H17N5O3S/c1-6-15-7(16-20-6)5-14-11-9(19-4)8(13)10(21-11)12(18)17(2)3/h14H,5,13H2,1-4H3. The summed E-state index contributed by atoms with van der Waals surface area (Å²) in [4.78, 5) is 18.0. The van der Waals surface area contributed by atoms with Crippen molar-refractivity contribution in [1.82, 2.24) is 15.0 Å². The molecule has 1 amide bonds. The molecule has 2 rings (SSSR count). The first-order valence-electron chi connectivity index (χ1n) is 6.15. The van der Waals surface area contributed by atoms with E-state index in [0.717, 1.165) is 0 Å². The fraction of sp³-hybridized carbons (Fsp3) is 0.417. The maximum atomic E-state index is 12.1. The molecule has 0 unspecified atom stereocenters. The minimum Gasteiger partial charge on any atom is -0.492 e. The van der Waals surface area contributed by atoms with Crippen LogP contribution in [0.15, 0.2) is 4.52 Å². The Morgan fingerprint density at radius 3 is 2.76 bits per heavy atom. The number of anilines is 2. The molecule has 114 valence electrons. The minimum atomic E-state index is -0.167. The van der Waals surface area contributed by atoms with E-state index in [0.29, 0.717) is 39.6 Å². The highest BCUT2D eigenvalue weighted by Gasteiger charge is 2.23. The van der Waals surface area contributed by atoms with Gasteiger partial charge in [-0.05, 0) is 0 Å². The van der Waals surface area contributed by atoms with E-state index in [1.165, 1.54) is 23.3 Å². The molecule has 2 aromatic rings. The summed E-state index contributed by atoms with van der Waals surface area (Å²) < 4.78 is 10.2. The van der Waals surface area contributed by atoms with Gasteiger partial charge in [0.1, 0.15) is 15.6 Å². The van der Waals surface area contributed by atoms with Gasteiger partial charge in [0.05, 0.1) is 13.7 Å². The Hall–Kier alpha value is -2.29. The van der Waals surface area contributed by atoms with Gasteiger partial charge in [-0.15, -0.1) is 11.3 Å². The number of nitrogens with zero attached hydrogens (tertiary/aromatic N) is 3. The normalized spacial score (nSPS) is 10.5. The van der Waals surface area contributed by atoms with E-state index >= 15 is 0 Å². The van der Waals surface area contributed by atoms with Crippen molar-refractivity contribution in [2.24, 2.45) is 0 Å². The van der Waals surface area contributed by atoms with Crippen LogP contribution in [-0.2, 0) is 6.54 Å². The van der Waals surface area contributed by atoms with Gasteiger partial charge < -0.3 is 25.2 Å². The lowest BCUT2D eigenvalue weighted by atomic mass is 10.3. The zero-order valence-corrected chi connectivity index (χ0v) is 13.1. The smallest absolute Gasteiger partial charge is 0.265 e. The third-order valence-electron chi connectivity index (χ3n) is 2.68. The zero-order chi connectivity index (χ0) is 15.6. The highest BCUT2D eigenvalue weighted by atomic mass is 32.1. The number of rotatable bonds is 5. The van der Waals surface area contributed by atoms with Gasteiger partial charge in [0.25, 0.3) is 5.91 Å². The van der Waals surface area contributed by atoms with E-state index in [1.54, 1.807) is 21.0 Å². The summed E-state index contributed by atoms with van der Waals surface area (Å²) in [6.07, 6.45) is 0. The second-order valence-corrected chi connectivity index (χ2v) is 5.51. The molecule has 0 spiro atoms. The summed E-state index contributed by atoms with van der Waals surface area (Å²) in [7, 11) is 4.85. The summed E-state index contributed by atoms with van der Waals surface area (Å²) in [6.45, 7) is 2.07. The molecular weight excluding hydrogens is 294 g/mol. The predicted molar refractivity (Wildman–Crippen MR) is 79.7 cm³/mol. The Labute approximate surface area is 125 Å². The largest absolute Gasteiger partial charge is 0.492 e.